The number of Topliss-reactive ketones (excluding diaryl/α,β-unsaturated/α-hetero) is 1. The van der Waals surface area contributed by atoms with Gasteiger partial charge in [-0.25, -0.2) is 0 Å². The number of likely N-dealkylation sites (tertiary alicyclic amines) is 1. The number of aliphatic hydroxyl groups excluding tert-OH is 1. The van der Waals surface area contributed by atoms with Crippen LogP contribution in [0.3, 0.4) is 0 Å². The predicted molar refractivity (Wildman–Crippen MR) is 106 cm³/mol. The molecule has 150 valence electrons. The lowest BCUT2D eigenvalue weighted by molar-refractivity contribution is -0.384. The number of nitro benzene ring substituents is 1. The summed E-state index contributed by atoms with van der Waals surface area (Å²) in [7, 11) is 0. The van der Waals surface area contributed by atoms with Gasteiger partial charge in [0.05, 0.1) is 29.3 Å². The molecule has 1 saturated heterocycles. The SMILES string of the molecule is O=C1C(=O)N(Cc2ccco2)[C@@H](c2cccc([N+](=O)[O-])c2)/C1=C(\O)c1ccccc1. The quantitative estimate of drug-likeness (QED) is 0.227. The molecule has 1 N–H and O–H groups in total. The predicted octanol–water partition coefficient (Wildman–Crippen LogP) is 3.81. The fourth-order valence-electron chi connectivity index (χ4n) is 3.52. The van der Waals surface area contributed by atoms with E-state index >= 15 is 0 Å². The van der Waals surface area contributed by atoms with E-state index in [1.165, 1.54) is 29.4 Å². The summed E-state index contributed by atoms with van der Waals surface area (Å²) < 4.78 is 5.31. The number of nitro groups is 1. The van der Waals surface area contributed by atoms with Crippen LogP contribution in [-0.2, 0) is 16.1 Å². The van der Waals surface area contributed by atoms with Gasteiger partial charge in [0.1, 0.15) is 11.5 Å². The summed E-state index contributed by atoms with van der Waals surface area (Å²) in [4.78, 5) is 37.7. The van der Waals surface area contributed by atoms with E-state index in [1.807, 2.05) is 0 Å². The smallest absolute Gasteiger partial charge is 0.296 e. The van der Waals surface area contributed by atoms with Crippen LogP contribution >= 0.6 is 0 Å². The van der Waals surface area contributed by atoms with E-state index in [0.717, 1.165) is 0 Å². The fraction of sp³-hybridized carbons (Fsp3) is 0.0909. The molecule has 2 aromatic carbocycles. The zero-order valence-corrected chi connectivity index (χ0v) is 15.6. The monoisotopic (exact) mass is 404 g/mol. The normalized spacial score (nSPS) is 18.0. The van der Waals surface area contributed by atoms with Crippen LogP contribution in [0, 0.1) is 10.1 Å². The maximum atomic E-state index is 12.9. The van der Waals surface area contributed by atoms with Gasteiger partial charge in [-0.1, -0.05) is 42.5 Å². The van der Waals surface area contributed by atoms with Crippen molar-refractivity contribution < 1.29 is 24.0 Å². The van der Waals surface area contributed by atoms with Gasteiger partial charge >= 0.3 is 0 Å². The van der Waals surface area contributed by atoms with Crippen LogP contribution in [0.25, 0.3) is 5.76 Å². The van der Waals surface area contributed by atoms with Crippen molar-refractivity contribution in [3.05, 3.63) is 106 Å². The lowest BCUT2D eigenvalue weighted by atomic mass is 9.95. The molecule has 30 heavy (non-hydrogen) atoms. The van der Waals surface area contributed by atoms with Crippen molar-refractivity contribution >= 4 is 23.1 Å². The van der Waals surface area contributed by atoms with Gasteiger partial charge in [-0.15, -0.1) is 0 Å². The van der Waals surface area contributed by atoms with Gasteiger partial charge in [0.15, 0.2) is 0 Å². The van der Waals surface area contributed by atoms with Crippen LogP contribution in [0.5, 0.6) is 0 Å². The van der Waals surface area contributed by atoms with Crippen molar-refractivity contribution in [1.82, 2.24) is 4.90 Å². The van der Waals surface area contributed by atoms with Crippen LogP contribution in [0.4, 0.5) is 5.69 Å². The van der Waals surface area contributed by atoms with E-state index in [4.69, 9.17) is 4.42 Å². The maximum Gasteiger partial charge on any atom is 0.296 e. The average Bonchev–Trinajstić information content (AvgIpc) is 3.36. The van der Waals surface area contributed by atoms with Gasteiger partial charge in [0.2, 0.25) is 0 Å². The standard InChI is InChI=1S/C22H16N2O6/c25-20(14-6-2-1-3-7-14)18-19(15-8-4-9-16(12-15)24(28)29)23(22(27)21(18)26)13-17-10-5-11-30-17/h1-12,19,25H,13H2/b20-18+/t19-/m0/s1. The number of benzene rings is 2. The highest BCUT2D eigenvalue weighted by Gasteiger charge is 2.46. The van der Waals surface area contributed by atoms with E-state index in [-0.39, 0.29) is 23.6 Å². The van der Waals surface area contributed by atoms with Crippen LogP contribution in [-0.4, -0.2) is 26.6 Å². The van der Waals surface area contributed by atoms with Crippen molar-refractivity contribution in [3.63, 3.8) is 0 Å². The Morgan fingerprint density at radius 3 is 2.50 bits per heavy atom. The summed E-state index contributed by atoms with van der Waals surface area (Å²) in [5, 5.41) is 22.1. The number of amides is 1. The minimum atomic E-state index is -1.00. The molecule has 0 radical (unpaired) electrons. The minimum absolute atomic E-state index is 0.0312. The van der Waals surface area contributed by atoms with Crippen LogP contribution in [0.2, 0.25) is 0 Å². The molecule has 0 bridgehead atoms. The summed E-state index contributed by atoms with van der Waals surface area (Å²) in [5.74, 6) is -1.58. The number of carbonyl (C=O) groups excluding carboxylic acids is 2. The molecule has 8 nitrogen and oxygen atoms in total. The Bertz CT molecular complexity index is 1150. The Hall–Kier alpha value is -4.20. The molecule has 0 unspecified atom stereocenters. The number of non-ortho nitro benzene ring substituents is 1. The number of ketones is 1. The molecular weight excluding hydrogens is 388 g/mol. The average molecular weight is 404 g/mol. The number of nitrogens with zero attached hydrogens (tertiary/aromatic N) is 2. The first-order chi connectivity index (χ1) is 14.5. The lowest BCUT2D eigenvalue weighted by Crippen LogP contribution is -2.29. The molecule has 1 atom stereocenters. The molecule has 2 heterocycles. The molecular formula is C22H16N2O6. The third kappa shape index (κ3) is 3.35. The van der Waals surface area contributed by atoms with Gasteiger partial charge in [-0.2, -0.15) is 0 Å². The third-order valence-electron chi connectivity index (χ3n) is 4.89. The Morgan fingerprint density at radius 2 is 1.83 bits per heavy atom. The topological polar surface area (TPSA) is 114 Å². The second-order valence-corrected chi connectivity index (χ2v) is 6.72. The second kappa shape index (κ2) is 7.67. The van der Waals surface area contributed by atoms with Gasteiger partial charge in [-0.3, -0.25) is 19.7 Å². The molecule has 4 rings (SSSR count). The van der Waals surface area contributed by atoms with Crippen LogP contribution < -0.4 is 0 Å². The molecule has 1 fully saturated rings. The van der Waals surface area contributed by atoms with Crippen molar-refractivity contribution in [3.8, 4) is 0 Å². The molecule has 8 heteroatoms. The summed E-state index contributed by atoms with van der Waals surface area (Å²) >= 11 is 0. The minimum Gasteiger partial charge on any atom is -0.507 e. The maximum absolute atomic E-state index is 12.9. The first-order valence-electron chi connectivity index (χ1n) is 9.08. The highest BCUT2D eigenvalue weighted by Crippen LogP contribution is 2.41. The van der Waals surface area contributed by atoms with Crippen molar-refractivity contribution in [2.75, 3.05) is 0 Å². The number of furan rings is 1. The Kier molecular flexibility index (Phi) is 4.89. The molecule has 1 aliphatic heterocycles. The molecule has 1 amide bonds. The van der Waals surface area contributed by atoms with Crippen molar-refractivity contribution in [2.24, 2.45) is 0 Å². The van der Waals surface area contributed by atoms with Gasteiger partial charge in [0, 0.05) is 17.7 Å². The molecule has 0 aliphatic carbocycles. The van der Waals surface area contributed by atoms with Gasteiger partial charge in [0.25, 0.3) is 17.4 Å². The molecule has 1 aliphatic rings. The number of rotatable bonds is 5. The Labute approximate surface area is 170 Å². The van der Waals surface area contributed by atoms with Crippen LogP contribution in [0.15, 0.2) is 83.0 Å². The van der Waals surface area contributed by atoms with E-state index < -0.39 is 22.7 Å². The highest BCUT2D eigenvalue weighted by molar-refractivity contribution is 6.46. The summed E-state index contributed by atoms with van der Waals surface area (Å²) in [6.45, 7) is -0.0312. The van der Waals surface area contributed by atoms with E-state index in [9.17, 15) is 24.8 Å². The number of aliphatic hydroxyl groups is 1. The first-order valence-corrected chi connectivity index (χ1v) is 9.08. The Balaban J connectivity index is 1.89. The van der Waals surface area contributed by atoms with Crippen molar-refractivity contribution in [2.45, 2.75) is 12.6 Å². The molecule has 1 aromatic heterocycles. The highest BCUT2D eigenvalue weighted by atomic mass is 16.6. The third-order valence-corrected chi connectivity index (χ3v) is 4.89. The lowest BCUT2D eigenvalue weighted by Gasteiger charge is -2.24. The van der Waals surface area contributed by atoms with Gasteiger partial charge in [-0.05, 0) is 17.7 Å². The van der Waals surface area contributed by atoms with Crippen LogP contribution in [0.1, 0.15) is 22.9 Å². The van der Waals surface area contributed by atoms with Crippen molar-refractivity contribution in [1.29, 1.82) is 0 Å². The second-order valence-electron chi connectivity index (χ2n) is 6.72. The molecule has 3 aromatic rings. The summed E-state index contributed by atoms with van der Waals surface area (Å²) in [6.07, 6.45) is 1.44. The number of carbonyl (C=O) groups is 2. The number of hydrogen-bond acceptors (Lipinski definition) is 6. The number of hydrogen-bond donors (Lipinski definition) is 1. The zero-order valence-electron chi connectivity index (χ0n) is 15.6. The van der Waals surface area contributed by atoms with Gasteiger partial charge < -0.3 is 14.4 Å². The van der Waals surface area contributed by atoms with E-state index in [2.05, 4.69) is 0 Å². The molecule has 0 saturated carbocycles. The summed E-state index contributed by atoms with van der Waals surface area (Å²) in [6, 6.07) is 16.3. The van der Waals surface area contributed by atoms with E-state index in [1.54, 1.807) is 48.5 Å². The van der Waals surface area contributed by atoms with E-state index in [0.29, 0.717) is 16.9 Å². The molecule has 0 spiro atoms. The largest absolute Gasteiger partial charge is 0.507 e. The first kappa shape index (κ1) is 19.1. The summed E-state index contributed by atoms with van der Waals surface area (Å²) in [5.41, 5.74) is 0.394. The fourth-order valence-corrected chi connectivity index (χ4v) is 3.52. The Morgan fingerprint density at radius 1 is 1.07 bits per heavy atom. The zero-order chi connectivity index (χ0) is 21.3.